The zero-order valence-electron chi connectivity index (χ0n) is 18.2. The Morgan fingerprint density at radius 1 is 1.29 bits per heavy atom. The molecular formula is C23H28O8. The van der Waals surface area contributed by atoms with Crippen LogP contribution >= 0.6 is 0 Å². The second kappa shape index (κ2) is 7.53. The summed E-state index contributed by atoms with van der Waals surface area (Å²) >= 11 is 0. The molecule has 8 heteroatoms. The molecule has 2 aliphatic heterocycles. The van der Waals surface area contributed by atoms with Crippen LogP contribution < -0.4 is 10.2 Å². The third kappa shape index (κ3) is 3.68. The molecule has 8 nitrogen and oxygen atoms in total. The van der Waals surface area contributed by atoms with E-state index in [1.54, 1.807) is 26.8 Å². The second-order valence-electron chi connectivity index (χ2n) is 8.93. The summed E-state index contributed by atoms with van der Waals surface area (Å²) in [5.74, 6) is 0.138. The number of phenols is 1. The van der Waals surface area contributed by atoms with Gasteiger partial charge < -0.3 is 28.8 Å². The third-order valence-electron chi connectivity index (χ3n) is 6.26. The number of fused-ring (bicyclic) bond motifs is 2. The summed E-state index contributed by atoms with van der Waals surface area (Å²) in [7, 11) is 0. The molecule has 0 radical (unpaired) electrons. The summed E-state index contributed by atoms with van der Waals surface area (Å²) < 4.78 is 23.1. The lowest BCUT2D eigenvalue weighted by Gasteiger charge is -2.39. The number of aryl methyl sites for hydroxylation is 1. The Morgan fingerprint density at radius 3 is 2.65 bits per heavy atom. The number of phenolic OH excluding ortho intramolecular Hbond substituents is 1. The Hall–Kier alpha value is -2.58. The highest BCUT2D eigenvalue weighted by molar-refractivity contribution is 5.87. The summed E-state index contributed by atoms with van der Waals surface area (Å²) in [4.78, 5) is 25.4. The quantitative estimate of drug-likeness (QED) is 0.406. The highest BCUT2D eigenvalue weighted by atomic mass is 16.7. The highest BCUT2D eigenvalue weighted by Crippen LogP contribution is 2.46. The number of esters is 1. The zero-order valence-corrected chi connectivity index (χ0v) is 18.2. The predicted molar refractivity (Wildman–Crippen MR) is 111 cm³/mol. The van der Waals surface area contributed by atoms with Crippen molar-refractivity contribution in [3.05, 3.63) is 33.7 Å². The van der Waals surface area contributed by atoms with E-state index in [4.69, 9.17) is 23.7 Å². The molecule has 1 aromatic heterocycles. The van der Waals surface area contributed by atoms with E-state index in [1.165, 1.54) is 6.07 Å². The van der Waals surface area contributed by atoms with Crippen LogP contribution in [0.1, 0.15) is 51.4 Å². The van der Waals surface area contributed by atoms with Crippen LogP contribution in [0.2, 0.25) is 0 Å². The molecule has 0 bridgehead atoms. The lowest BCUT2D eigenvalue weighted by Crippen LogP contribution is -2.50. The summed E-state index contributed by atoms with van der Waals surface area (Å²) in [5, 5.41) is 19.9. The van der Waals surface area contributed by atoms with Gasteiger partial charge in [-0.2, -0.15) is 0 Å². The SMILES string of the molecule is Cc1cc(=O)c2c(O)c3c(cc2o1)OC(C)(C)C(OC(=O)C1(CCCCO)OC1C)C3. The molecule has 3 heterocycles. The maximum Gasteiger partial charge on any atom is 0.341 e. The minimum Gasteiger partial charge on any atom is -0.507 e. The number of ether oxygens (including phenoxy) is 3. The van der Waals surface area contributed by atoms with Gasteiger partial charge in [-0.05, 0) is 47.0 Å². The first-order valence-corrected chi connectivity index (χ1v) is 10.6. The normalized spacial score (nSPS) is 26.2. The van der Waals surface area contributed by atoms with Gasteiger partial charge >= 0.3 is 5.97 Å². The number of aromatic hydroxyl groups is 1. The van der Waals surface area contributed by atoms with Crippen LogP contribution in [0.5, 0.6) is 11.5 Å². The van der Waals surface area contributed by atoms with Crippen LogP contribution in [0.25, 0.3) is 11.0 Å². The van der Waals surface area contributed by atoms with E-state index in [-0.39, 0.29) is 41.3 Å². The lowest BCUT2D eigenvalue weighted by molar-refractivity contribution is -0.168. The Balaban J connectivity index is 1.63. The zero-order chi connectivity index (χ0) is 22.6. The Kier molecular flexibility index (Phi) is 5.26. The van der Waals surface area contributed by atoms with E-state index in [0.717, 1.165) is 0 Å². The standard InChI is InChI=1S/C23H28O8/c1-12-9-15(25)19-17(28-12)11-16-14(20(19)26)10-18(22(3,4)31-16)29-21(27)23(13(2)30-23)7-5-6-8-24/h9,11,13,18,24,26H,5-8,10H2,1-4H3. The largest absolute Gasteiger partial charge is 0.507 e. The number of hydrogen-bond acceptors (Lipinski definition) is 8. The van der Waals surface area contributed by atoms with Gasteiger partial charge in [0.15, 0.2) is 11.0 Å². The van der Waals surface area contributed by atoms with Crippen molar-refractivity contribution in [2.75, 3.05) is 6.61 Å². The molecule has 3 unspecified atom stereocenters. The average Bonchev–Trinajstić information content (AvgIpc) is 3.33. The fourth-order valence-corrected chi connectivity index (χ4v) is 4.28. The van der Waals surface area contributed by atoms with Gasteiger partial charge in [-0.15, -0.1) is 0 Å². The number of carbonyl (C=O) groups is 1. The number of rotatable bonds is 6. The van der Waals surface area contributed by atoms with Crippen LogP contribution in [0, 0.1) is 6.92 Å². The van der Waals surface area contributed by atoms with Crippen molar-refractivity contribution in [3.8, 4) is 11.5 Å². The van der Waals surface area contributed by atoms with Crippen molar-refractivity contribution in [2.24, 2.45) is 0 Å². The van der Waals surface area contributed by atoms with Gasteiger partial charge in [-0.25, -0.2) is 4.79 Å². The topological polar surface area (TPSA) is 119 Å². The van der Waals surface area contributed by atoms with E-state index in [1.807, 2.05) is 6.92 Å². The van der Waals surface area contributed by atoms with Crippen molar-refractivity contribution < 1.29 is 33.6 Å². The molecule has 3 atom stereocenters. The number of benzene rings is 1. The average molecular weight is 432 g/mol. The van der Waals surface area contributed by atoms with Crippen LogP contribution in [0.15, 0.2) is 21.3 Å². The Bertz CT molecular complexity index is 1090. The van der Waals surface area contributed by atoms with E-state index < -0.39 is 23.3 Å². The monoisotopic (exact) mass is 432 g/mol. The third-order valence-corrected chi connectivity index (χ3v) is 6.26. The van der Waals surface area contributed by atoms with Gasteiger partial charge in [0.1, 0.15) is 39.9 Å². The fourth-order valence-electron chi connectivity index (χ4n) is 4.28. The van der Waals surface area contributed by atoms with Crippen molar-refractivity contribution in [1.82, 2.24) is 0 Å². The van der Waals surface area contributed by atoms with Gasteiger partial charge in [0.05, 0.1) is 6.10 Å². The summed E-state index contributed by atoms with van der Waals surface area (Å²) in [6, 6.07) is 2.92. The van der Waals surface area contributed by atoms with E-state index in [2.05, 4.69) is 0 Å². The molecule has 2 aliphatic rings. The minimum atomic E-state index is -1.00. The lowest BCUT2D eigenvalue weighted by atomic mass is 9.89. The minimum absolute atomic E-state index is 0.0561. The van der Waals surface area contributed by atoms with Crippen molar-refractivity contribution in [2.45, 2.75) is 76.8 Å². The van der Waals surface area contributed by atoms with E-state index in [9.17, 15) is 14.7 Å². The van der Waals surface area contributed by atoms with Crippen molar-refractivity contribution >= 4 is 16.9 Å². The first-order chi connectivity index (χ1) is 14.6. The molecule has 0 saturated carbocycles. The smallest absolute Gasteiger partial charge is 0.341 e. The van der Waals surface area contributed by atoms with Crippen molar-refractivity contribution in [1.29, 1.82) is 0 Å². The molecule has 31 heavy (non-hydrogen) atoms. The molecule has 2 aromatic rings. The second-order valence-corrected chi connectivity index (χ2v) is 8.93. The molecule has 1 saturated heterocycles. The number of carbonyl (C=O) groups excluding carboxylic acids is 1. The summed E-state index contributed by atoms with van der Waals surface area (Å²) in [6.45, 7) is 7.14. The maximum atomic E-state index is 13.0. The summed E-state index contributed by atoms with van der Waals surface area (Å²) in [6.07, 6.45) is 0.923. The number of unbranched alkanes of at least 4 members (excludes halogenated alkanes) is 1. The van der Waals surface area contributed by atoms with Crippen LogP contribution in [0.4, 0.5) is 0 Å². The number of hydrogen-bond donors (Lipinski definition) is 2. The Morgan fingerprint density at radius 2 is 2.00 bits per heavy atom. The molecule has 4 rings (SSSR count). The van der Waals surface area contributed by atoms with Crippen molar-refractivity contribution in [3.63, 3.8) is 0 Å². The number of aliphatic hydroxyl groups excluding tert-OH is 1. The molecule has 0 amide bonds. The van der Waals surface area contributed by atoms with Gasteiger partial charge in [0.25, 0.3) is 0 Å². The Labute approximate surface area is 179 Å². The number of epoxide rings is 1. The molecule has 168 valence electrons. The molecule has 2 N–H and O–H groups in total. The first kappa shape index (κ1) is 21.6. The molecule has 0 spiro atoms. The molecule has 0 aliphatic carbocycles. The highest BCUT2D eigenvalue weighted by Gasteiger charge is 2.61. The fraction of sp³-hybridized carbons (Fsp3) is 0.565. The van der Waals surface area contributed by atoms with E-state index in [0.29, 0.717) is 36.3 Å². The van der Waals surface area contributed by atoms with Gasteiger partial charge in [0.2, 0.25) is 0 Å². The molecule has 1 fully saturated rings. The molecular weight excluding hydrogens is 404 g/mol. The first-order valence-electron chi connectivity index (χ1n) is 10.6. The molecule has 1 aromatic carbocycles. The van der Waals surface area contributed by atoms with Crippen LogP contribution in [-0.4, -0.2) is 46.2 Å². The van der Waals surface area contributed by atoms with Gasteiger partial charge in [-0.1, -0.05) is 0 Å². The van der Waals surface area contributed by atoms with Crippen LogP contribution in [-0.2, 0) is 20.7 Å². The van der Waals surface area contributed by atoms with E-state index >= 15 is 0 Å². The van der Waals surface area contributed by atoms with Gasteiger partial charge in [-0.3, -0.25) is 4.79 Å². The summed E-state index contributed by atoms with van der Waals surface area (Å²) in [5.41, 5.74) is -1.58. The van der Waals surface area contributed by atoms with Gasteiger partial charge in [0, 0.05) is 30.7 Å². The predicted octanol–water partition coefficient (Wildman–Crippen LogP) is 2.75. The maximum absolute atomic E-state index is 13.0. The number of aliphatic hydroxyl groups is 1. The van der Waals surface area contributed by atoms with Crippen LogP contribution in [0.3, 0.4) is 0 Å².